The summed E-state index contributed by atoms with van der Waals surface area (Å²) in [6.45, 7) is 2.06. The Hall–Kier alpha value is -1.42. The van der Waals surface area contributed by atoms with Crippen LogP contribution in [0.1, 0.15) is 31.2 Å². The van der Waals surface area contributed by atoms with Crippen LogP contribution in [0.25, 0.3) is 10.2 Å². The Bertz CT molecular complexity index is 678. The Balaban J connectivity index is 1.55. The molecule has 104 valence electrons. The topological polar surface area (TPSA) is 42.0 Å². The quantitative estimate of drug-likeness (QED) is 0.907. The lowest BCUT2D eigenvalue weighted by atomic mass is 9.88. The zero-order chi connectivity index (χ0) is 13.7. The van der Waals surface area contributed by atoms with Crippen LogP contribution >= 0.6 is 11.3 Å². The lowest BCUT2D eigenvalue weighted by Gasteiger charge is -2.19. The molecule has 3 atom stereocenters. The van der Waals surface area contributed by atoms with E-state index in [1.54, 1.807) is 11.3 Å². The Morgan fingerprint density at radius 2 is 2.25 bits per heavy atom. The highest BCUT2D eigenvalue weighted by Gasteiger charge is 2.43. The van der Waals surface area contributed by atoms with Gasteiger partial charge in [0.15, 0.2) is 5.13 Å². The van der Waals surface area contributed by atoms with E-state index in [1.165, 1.54) is 24.8 Å². The fraction of sp³-hybridized carbons (Fsp3) is 0.500. The number of fused-ring (bicyclic) bond motifs is 3. The molecule has 1 N–H and O–H groups in total. The second-order valence-corrected chi connectivity index (χ2v) is 7.24. The Morgan fingerprint density at radius 1 is 1.35 bits per heavy atom. The van der Waals surface area contributed by atoms with Crippen LogP contribution in [0, 0.1) is 24.7 Å². The van der Waals surface area contributed by atoms with Gasteiger partial charge in [-0.1, -0.05) is 29.9 Å². The first-order valence-corrected chi connectivity index (χ1v) is 8.19. The fourth-order valence-corrected chi connectivity index (χ4v) is 4.85. The average molecular weight is 286 g/mol. The second kappa shape index (κ2) is 4.55. The minimum absolute atomic E-state index is 0.189. The maximum Gasteiger partial charge on any atom is 0.229 e. The average Bonchev–Trinajstić information content (AvgIpc) is 3.12. The number of thiazole rings is 1. The van der Waals surface area contributed by atoms with Gasteiger partial charge in [0.2, 0.25) is 5.91 Å². The molecule has 1 aromatic carbocycles. The van der Waals surface area contributed by atoms with Crippen molar-refractivity contribution in [1.29, 1.82) is 0 Å². The van der Waals surface area contributed by atoms with Crippen molar-refractivity contribution in [3.05, 3.63) is 23.8 Å². The van der Waals surface area contributed by atoms with Gasteiger partial charge in [-0.25, -0.2) is 4.98 Å². The molecule has 2 aliphatic rings. The normalized spacial score (nSPS) is 28.1. The third-order valence-corrected chi connectivity index (χ3v) is 5.86. The molecule has 0 saturated heterocycles. The molecule has 3 unspecified atom stereocenters. The van der Waals surface area contributed by atoms with Crippen LogP contribution in [0.3, 0.4) is 0 Å². The van der Waals surface area contributed by atoms with Gasteiger partial charge in [0.05, 0.1) is 10.2 Å². The van der Waals surface area contributed by atoms with Gasteiger partial charge in [-0.2, -0.15) is 0 Å². The van der Waals surface area contributed by atoms with Crippen molar-refractivity contribution in [1.82, 2.24) is 4.98 Å². The number of anilines is 1. The van der Waals surface area contributed by atoms with E-state index in [2.05, 4.69) is 29.4 Å². The van der Waals surface area contributed by atoms with Crippen LogP contribution in [0.4, 0.5) is 5.13 Å². The van der Waals surface area contributed by atoms with Crippen LogP contribution in [0.5, 0.6) is 0 Å². The van der Waals surface area contributed by atoms with Crippen LogP contribution in [0.2, 0.25) is 0 Å². The van der Waals surface area contributed by atoms with Gasteiger partial charge in [0.1, 0.15) is 0 Å². The minimum Gasteiger partial charge on any atom is -0.302 e. The van der Waals surface area contributed by atoms with Crippen LogP contribution in [-0.2, 0) is 4.79 Å². The zero-order valence-electron chi connectivity index (χ0n) is 11.6. The molecule has 1 aromatic heterocycles. The molecular formula is C16H18N2OS. The van der Waals surface area contributed by atoms with Gasteiger partial charge in [0.25, 0.3) is 0 Å². The smallest absolute Gasteiger partial charge is 0.229 e. The van der Waals surface area contributed by atoms with Crippen molar-refractivity contribution in [2.24, 2.45) is 17.8 Å². The number of nitrogens with one attached hydrogen (secondary N) is 1. The molecule has 4 rings (SSSR count). The molecule has 0 spiro atoms. The molecule has 2 saturated carbocycles. The SMILES string of the molecule is Cc1cccc2sc(NC(=O)C3CC4CCC3C4)nc12. The molecule has 2 fully saturated rings. The van der Waals surface area contributed by atoms with E-state index < -0.39 is 0 Å². The van der Waals surface area contributed by atoms with Gasteiger partial charge in [-0.15, -0.1) is 0 Å². The van der Waals surface area contributed by atoms with Crippen molar-refractivity contribution in [3.8, 4) is 0 Å². The fourth-order valence-electron chi connectivity index (χ4n) is 3.90. The second-order valence-electron chi connectivity index (χ2n) is 6.21. The van der Waals surface area contributed by atoms with Gasteiger partial charge >= 0.3 is 0 Å². The third-order valence-electron chi connectivity index (χ3n) is 4.93. The summed E-state index contributed by atoms with van der Waals surface area (Å²) in [7, 11) is 0. The summed E-state index contributed by atoms with van der Waals surface area (Å²) in [5.74, 6) is 1.83. The number of para-hydroxylation sites is 1. The molecule has 20 heavy (non-hydrogen) atoms. The molecule has 1 heterocycles. The predicted octanol–water partition coefficient (Wildman–Crippen LogP) is 3.98. The van der Waals surface area contributed by atoms with Crippen molar-refractivity contribution < 1.29 is 4.79 Å². The first kappa shape index (κ1) is 12.3. The minimum atomic E-state index is 0.189. The lowest BCUT2D eigenvalue weighted by molar-refractivity contribution is -0.121. The monoisotopic (exact) mass is 286 g/mol. The van der Waals surface area contributed by atoms with Crippen molar-refractivity contribution >= 4 is 32.6 Å². The number of hydrogen-bond donors (Lipinski definition) is 1. The summed E-state index contributed by atoms with van der Waals surface area (Å²) >= 11 is 1.58. The van der Waals surface area contributed by atoms with Crippen molar-refractivity contribution in [2.45, 2.75) is 32.6 Å². The van der Waals surface area contributed by atoms with Crippen LogP contribution in [-0.4, -0.2) is 10.9 Å². The van der Waals surface area contributed by atoms with Crippen molar-refractivity contribution in [3.63, 3.8) is 0 Å². The summed E-state index contributed by atoms with van der Waals surface area (Å²) in [5, 5.41) is 3.81. The van der Waals surface area contributed by atoms with E-state index in [0.717, 1.165) is 27.7 Å². The number of aromatic nitrogens is 1. The van der Waals surface area contributed by atoms with Crippen LogP contribution in [0.15, 0.2) is 18.2 Å². The van der Waals surface area contributed by atoms with E-state index in [9.17, 15) is 4.79 Å². The molecule has 0 radical (unpaired) electrons. The maximum atomic E-state index is 12.4. The summed E-state index contributed by atoms with van der Waals surface area (Å²) in [6, 6.07) is 6.16. The molecule has 2 aromatic rings. The van der Waals surface area contributed by atoms with E-state index >= 15 is 0 Å². The summed E-state index contributed by atoms with van der Waals surface area (Å²) in [5.41, 5.74) is 2.18. The first-order valence-electron chi connectivity index (χ1n) is 7.38. The standard InChI is InChI=1S/C16H18N2OS/c1-9-3-2-4-13-14(9)17-16(20-13)18-15(19)12-8-10-5-6-11(12)7-10/h2-4,10-12H,5-8H2,1H3,(H,17,18,19). The Morgan fingerprint density at radius 3 is 2.95 bits per heavy atom. The molecule has 2 aliphatic carbocycles. The molecule has 2 bridgehead atoms. The Kier molecular flexibility index (Phi) is 2.81. The number of rotatable bonds is 2. The maximum absolute atomic E-state index is 12.4. The number of hydrogen-bond acceptors (Lipinski definition) is 3. The summed E-state index contributed by atoms with van der Waals surface area (Å²) in [6.07, 6.45) is 4.91. The number of carbonyl (C=O) groups excluding carboxylic acids is 1. The van der Waals surface area contributed by atoms with E-state index in [1.807, 2.05) is 6.07 Å². The highest BCUT2D eigenvalue weighted by Crippen LogP contribution is 2.48. The molecule has 1 amide bonds. The predicted molar refractivity (Wildman–Crippen MR) is 81.9 cm³/mol. The molecular weight excluding hydrogens is 268 g/mol. The lowest BCUT2D eigenvalue weighted by Crippen LogP contribution is -2.27. The number of benzene rings is 1. The van der Waals surface area contributed by atoms with Gasteiger partial charge in [-0.05, 0) is 49.7 Å². The van der Waals surface area contributed by atoms with E-state index in [-0.39, 0.29) is 11.8 Å². The number of aryl methyl sites for hydroxylation is 1. The van der Waals surface area contributed by atoms with Gasteiger partial charge in [-0.3, -0.25) is 4.79 Å². The first-order chi connectivity index (χ1) is 9.70. The third kappa shape index (κ3) is 1.94. The highest BCUT2D eigenvalue weighted by molar-refractivity contribution is 7.22. The van der Waals surface area contributed by atoms with Crippen LogP contribution < -0.4 is 5.32 Å². The number of amides is 1. The zero-order valence-corrected chi connectivity index (χ0v) is 12.4. The van der Waals surface area contributed by atoms with Gasteiger partial charge < -0.3 is 5.32 Å². The Labute approximate surface area is 122 Å². The molecule has 3 nitrogen and oxygen atoms in total. The van der Waals surface area contributed by atoms with E-state index in [4.69, 9.17) is 0 Å². The highest BCUT2D eigenvalue weighted by atomic mass is 32.1. The summed E-state index contributed by atoms with van der Waals surface area (Å²) < 4.78 is 1.15. The largest absolute Gasteiger partial charge is 0.302 e. The van der Waals surface area contributed by atoms with Crippen molar-refractivity contribution in [2.75, 3.05) is 5.32 Å². The number of nitrogens with zero attached hydrogens (tertiary/aromatic N) is 1. The molecule has 0 aliphatic heterocycles. The summed E-state index contributed by atoms with van der Waals surface area (Å²) in [4.78, 5) is 17.0. The molecule has 4 heteroatoms. The van der Waals surface area contributed by atoms with E-state index in [0.29, 0.717) is 5.92 Å². The number of carbonyl (C=O) groups is 1. The van der Waals surface area contributed by atoms with Gasteiger partial charge in [0, 0.05) is 5.92 Å².